The van der Waals surface area contributed by atoms with Crippen molar-refractivity contribution in [1.29, 1.82) is 0 Å². The first-order valence-corrected chi connectivity index (χ1v) is 4.66. The van der Waals surface area contributed by atoms with Crippen LogP contribution in [0.15, 0.2) is 0 Å². The van der Waals surface area contributed by atoms with Crippen LogP contribution in [-0.2, 0) is 4.79 Å². The van der Waals surface area contributed by atoms with Crippen molar-refractivity contribution >= 4 is 5.78 Å². The molecule has 0 unspecified atom stereocenters. The molecule has 1 N–H and O–H groups in total. The summed E-state index contributed by atoms with van der Waals surface area (Å²) in [6.07, 6.45) is 2.48. The van der Waals surface area contributed by atoms with Crippen LogP contribution in [0.25, 0.3) is 0 Å². The average molecular weight is 170 g/mol. The summed E-state index contributed by atoms with van der Waals surface area (Å²) < 4.78 is 0. The van der Waals surface area contributed by atoms with Crippen LogP contribution in [0.5, 0.6) is 0 Å². The highest BCUT2D eigenvalue weighted by molar-refractivity contribution is 5.81. The molecule has 0 spiro atoms. The molecular formula is C10H18O2. The normalized spacial score (nSPS) is 32.2. The van der Waals surface area contributed by atoms with Crippen LogP contribution in [0.1, 0.15) is 40.0 Å². The van der Waals surface area contributed by atoms with Crippen molar-refractivity contribution in [3.8, 4) is 0 Å². The lowest BCUT2D eigenvalue weighted by Crippen LogP contribution is -2.37. The third-order valence-electron chi connectivity index (χ3n) is 2.94. The monoisotopic (exact) mass is 170 g/mol. The largest absolute Gasteiger partial charge is 0.390 e. The molecule has 1 fully saturated rings. The summed E-state index contributed by atoms with van der Waals surface area (Å²) in [4.78, 5) is 11.3. The molecule has 2 heteroatoms. The van der Waals surface area contributed by atoms with Gasteiger partial charge < -0.3 is 5.11 Å². The minimum Gasteiger partial charge on any atom is -0.390 e. The Hall–Kier alpha value is -0.370. The molecule has 1 saturated carbocycles. The Balaban J connectivity index is 2.57. The second-order valence-corrected chi connectivity index (χ2v) is 4.50. The lowest BCUT2D eigenvalue weighted by Gasteiger charge is -2.33. The molecule has 0 radical (unpaired) electrons. The molecule has 0 heterocycles. The van der Waals surface area contributed by atoms with Crippen molar-refractivity contribution in [2.45, 2.75) is 45.6 Å². The van der Waals surface area contributed by atoms with Gasteiger partial charge in [-0.3, -0.25) is 4.79 Å². The van der Waals surface area contributed by atoms with E-state index in [-0.39, 0.29) is 11.8 Å². The van der Waals surface area contributed by atoms with E-state index in [2.05, 4.69) is 0 Å². The smallest absolute Gasteiger partial charge is 0.136 e. The van der Waals surface area contributed by atoms with Crippen LogP contribution >= 0.6 is 0 Å². The van der Waals surface area contributed by atoms with Crippen LogP contribution in [0.2, 0.25) is 0 Å². The molecule has 2 atom stereocenters. The first-order chi connectivity index (χ1) is 5.41. The van der Waals surface area contributed by atoms with Gasteiger partial charge in [-0.05, 0) is 32.6 Å². The molecule has 2 nitrogen and oxygen atoms in total. The molecular weight excluding hydrogens is 152 g/mol. The van der Waals surface area contributed by atoms with Gasteiger partial charge in [0.15, 0.2) is 0 Å². The highest BCUT2D eigenvalue weighted by atomic mass is 16.3. The third kappa shape index (κ3) is 2.07. The number of hydrogen-bond acceptors (Lipinski definition) is 2. The van der Waals surface area contributed by atoms with E-state index in [1.165, 1.54) is 0 Å². The van der Waals surface area contributed by atoms with Crippen molar-refractivity contribution in [2.24, 2.45) is 11.8 Å². The quantitative estimate of drug-likeness (QED) is 0.651. The van der Waals surface area contributed by atoms with E-state index < -0.39 is 5.60 Å². The summed E-state index contributed by atoms with van der Waals surface area (Å²) in [7, 11) is 0. The Kier molecular flexibility index (Phi) is 2.57. The average Bonchev–Trinajstić information content (AvgIpc) is 1.92. The van der Waals surface area contributed by atoms with Gasteiger partial charge in [0.1, 0.15) is 5.78 Å². The predicted molar refractivity (Wildman–Crippen MR) is 47.8 cm³/mol. The van der Waals surface area contributed by atoms with Crippen molar-refractivity contribution in [3.63, 3.8) is 0 Å². The van der Waals surface area contributed by atoms with Crippen LogP contribution < -0.4 is 0 Å². The van der Waals surface area contributed by atoms with Crippen molar-refractivity contribution in [1.82, 2.24) is 0 Å². The number of aliphatic hydroxyl groups is 1. The van der Waals surface area contributed by atoms with E-state index in [0.29, 0.717) is 12.2 Å². The molecule has 70 valence electrons. The number of carbonyl (C=O) groups excluding carboxylic acids is 1. The van der Waals surface area contributed by atoms with Gasteiger partial charge in [0, 0.05) is 12.3 Å². The summed E-state index contributed by atoms with van der Waals surface area (Å²) >= 11 is 0. The Morgan fingerprint density at radius 3 is 2.42 bits per heavy atom. The number of Topliss-reactive ketones (excluding diaryl/α,β-unsaturated/α-hetero) is 1. The number of ketones is 1. The van der Waals surface area contributed by atoms with E-state index in [9.17, 15) is 9.90 Å². The van der Waals surface area contributed by atoms with Gasteiger partial charge in [-0.1, -0.05) is 6.92 Å². The first kappa shape index (κ1) is 9.72. The SMILES string of the molecule is C[C@@H]1CC[C@H](C(C)(C)O)CC1=O. The molecule has 12 heavy (non-hydrogen) atoms. The Bertz CT molecular complexity index is 179. The van der Waals surface area contributed by atoms with E-state index in [4.69, 9.17) is 0 Å². The Morgan fingerprint density at radius 1 is 1.42 bits per heavy atom. The second-order valence-electron chi connectivity index (χ2n) is 4.50. The minimum atomic E-state index is -0.685. The molecule has 0 aromatic heterocycles. The standard InChI is InChI=1S/C10H18O2/c1-7-4-5-8(6-9(7)11)10(2,3)12/h7-8,12H,4-6H2,1-3H3/t7-,8+/m1/s1. The molecule has 0 aromatic rings. The van der Waals surface area contributed by atoms with Gasteiger partial charge in [0.25, 0.3) is 0 Å². The van der Waals surface area contributed by atoms with Crippen LogP contribution in [-0.4, -0.2) is 16.5 Å². The fourth-order valence-corrected chi connectivity index (χ4v) is 1.76. The maximum Gasteiger partial charge on any atom is 0.136 e. The maximum absolute atomic E-state index is 11.3. The fraction of sp³-hybridized carbons (Fsp3) is 0.900. The van der Waals surface area contributed by atoms with E-state index in [1.54, 1.807) is 13.8 Å². The van der Waals surface area contributed by atoms with Crippen LogP contribution in [0, 0.1) is 11.8 Å². The van der Waals surface area contributed by atoms with E-state index >= 15 is 0 Å². The zero-order valence-electron chi connectivity index (χ0n) is 8.13. The molecule has 0 saturated heterocycles. The third-order valence-corrected chi connectivity index (χ3v) is 2.94. The number of carbonyl (C=O) groups is 1. The second kappa shape index (κ2) is 3.17. The van der Waals surface area contributed by atoms with E-state index in [0.717, 1.165) is 12.8 Å². The van der Waals surface area contributed by atoms with Gasteiger partial charge in [0.05, 0.1) is 5.60 Å². The summed E-state index contributed by atoms with van der Waals surface area (Å²) in [6, 6.07) is 0. The van der Waals surface area contributed by atoms with Gasteiger partial charge in [-0.15, -0.1) is 0 Å². The maximum atomic E-state index is 11.3. The lowest BCUT2D eigenvalue weighted by atomic mass is 9.75. The first-order valence-electron chi connectivity index (χ1n) is 4.66. The Labute approximate surface area is 74.0 Å². The van der Waals surface area contributed by atoms with Crippen LogP contribution in [0.4, 0.5) is 0 Å². The highest BCUT2D eigenvalue weighted by Gasteiger charge is 2.34. The lowest BCUT2D eigenvalue weighted by molar-refractivity contribution is -0.129. The zero-order chi connectivity index (χ0) is 9.35. The van der Waals surface area contributed by atoms with Gasteiger partial charge in [-0.25, -0.2) is 0 Å². The molecule has 0 aromatic carbocycles. The van der Waals surface area contributed by atoms with Crippen LogP contribution in [0.3, 0.4) is 0 Å². The Morgan fingerprint density at radius 2 is 2.00 bits per heavy atom. The number of hydrogen-bond donors (Lipinski definition) is 1. The summed E-state index contributed by atoms with van der Waals surface area (Å²) in [5.41, 5.74) is -0.685. The molecule has 1 rings (SSSR count). The highest BCUT2D eigenvalue weighted by Crippen LogP contribution is 2.32. The molecule has 1 aliphatic rings. The summed E-state index contributed by atoms with van der Waals surface area (Å²) in [5, 5.41) is 9.69. The van der Waals surface area contributed by atoms with Gasteiger partial charge in [0.2, 0.25) is 0 Å². The predicted octanol–water partition coefficient (Wildman–Crippen LogP) is 1.76. The molecule has 0 bridgehead atoms. The van der Waals surface area contributed by atoms with E-state index in [1.807, 2.05) is 6.92 Å². The minimum absolute atomic E-state index is 0.168. The summed E-state index contributed by atoms with van der Waals surface area (Å²) in [5.74, 6) is 0.693. The van der Waals surface area contributed by atoms with Crippen molar-refractivity contribution in [3.05, 3.63) is 0 Å². The van der Waals surface area contributed by atoms with Crippen molar-refractivity contribution < 1.29 is 9.90 Å². The van der Waals surface area contributed by atoms with Gasteiger partial charge >= 0.3 is 0 Å². The van der Waals surface area contributed by atoms with Crippen molar-refractivity contribution in [2.75, 3.05) is 0 Å². The topological polar surface area (TPSA) is 37.3 Å². The number of rotatable bonds is 1. The molecule has 0 amide bonds. The summed E-state index contributed by atoms with van der Waals surface area (Å²) in [6.45, 7) is 5.56. The van der Waals surface area contributed by atoms with Gasteiger partial charge in [-0.2, -0.15) is 0 Å². The molecule has 0 aliphatic heterocycles. The molecule has 1 aliphatic carbocycles. The zero-order valence-corrected chi connectivity index (χ0v) is 8.13. The fourth-order valence-electron chi connectivity index (χ4n) is 1.76.